The third-order valence-electron chi connectivity index (χ3n) is 7.59. The van der Waals surface area contributed by atoms with Crippen LogP contribution >= 0.6 is 0 Å². The van der Waals surface area contributed by atoms with Crippen LogP contribution in [0.4, 0.5) is 5.69 Å². The Kier molecular flexibility index (Phi) is 8.07. The second-order valence-corrected chi connectivity index (χ2v) is 10.3. The first-order chi connectivity index (χ1) is 18.9. The molecule has 1 N–H and O–H groups in total. The molecule has 2 heterocycles. The molecule has 0 unspecified atom stereocenters. The van der Waals surface area contributed by atoms with Gasteiger partial charge in [0.2, 0.25) is 0 Å². The first-order valence-corrected chi connectivity index (χ1v) is 13.5. The molecule has 0 bridgehead atoms. The van der Waals surface area contributed by atoms with Crippen LogP contribution in [-0.4, -0.2) is 48.1 Å². The quantitative estimate of drug-likeness (QED) is 0.275. The first-order valence-electron chi connectivity index (χ1n) is 13.5. The van der Waals surface area contributed by atoms with Crippen LogP contribution in [0.3, 0.4) is 0 Å². The number of carbonyl (C=O) groups excluding carboxylic acids is 1. The van der Waals surface area contributed by atoms with Crippen molar-refractivity contribution in [3.05, 3.63) is 88.2 Å². The van der Waals surface area contributed by atoms with Crippen molar-refractivity contribution in [1.82, 2.24) is 14.9 Å². The zero-order chi connectivity index (χ0) is 27.4. The second kappa shape index (κ2) is 11.8. The van der Waals surface area contributed by atoms with E-state index in [0.717, 1.165) is 84.7 Å². The molecule has 0 radical (unpaired) electrons. The molecule has 1 aliphatic rings. The lowest BCUT2D eigenvalue weighted by molar-refractivity contribution is 0.102. The number of nitrogens with zero attached hydrogens (tertiary/aromatic N) is 3. The number of nitrogens with one attached hydrogen (secondary N) is 1. The molecule has 0 saturated heterocycles. The number of fused-ring (bicyclic) bond motifs is 2. The van der Waals surface area contributed by atoms with Crippen molar-refractivity contribution < 1.29 is 14.3 Å². The lowest BCUT2D eigenvalue weighted by Gasteiger charge is -2.29. The molecule has 0 atom stereocenters. The molecular formula is C32H36N4O3. The average molecular weight is 525 g/mol. The summed E-state index contributed by atoms with van der Waals surface area (Å²) in [5, 5.41) is 2.94. The standard InChI is InChI=1S/C32H36N4O3/c1-21-15-27-28(16-22(21)2)35-29(19-33-27)32(37)34-26-10-8-23(9-11-26)7-5-6-13-36-14-12-24-17-30(38-3)31(39-4)18-25(24)20-36/h8-11,15-19H,5-7,12-14,20H2,1-4H3,(H,34,37). The highest BCUT2D eigenvalue weighted by Crippen LogP contribution is 2.33. The maximum Gasteiger partial charge on any atom is 0.275 e. The molecule has 4 aromatic rings. The van der Waals surface area contributed by atoms with Gasteiger partial charge in [-0.15, -0.1) is 0 Å². The number of hydrogen-bond donors (Lipinski definition) is 1. The summed E-state index contributed by atoms with van der Waals surface area (Å²) >= 11 is 0. The summed E-state index contributed by atoms with van der Waals surface area (Å²) in [7, 11) is 3.37. The van der Waals surface area contributed by atoms with Crippen molar-refractivity contribution in [2.24, 2.45) is 0 Å². The number of methoxy groups -OCH3 is 2. The number of aromatic nitrogens is 2. The van der Waals surface area contributed by atoms with Gasteiger partial charge < -0.3 is 14.8 Å². The molecule has 0 spiro atoms. The Morgan fingerprint density at radius 1 is 0.923 bits per heavy atom. The number of aryl methyl sites for hydroxylation is 3. The Morgan fingerprint density at radius 2 is 1.62 bits per heavy atom. The summed E-state index contributed by atoms with van der Waals surface area (Å²) in [4.78, 5) is 24.2. The predicted octanol–water partition coefficient (Wildman–Crippen LogP) is 5.90. The smallest absolute Gasteiger partial charge is 0.275 e. The third-order valence-corrected chi connectivity index (χ3v) is 7.59. The van der Waals surface area contributed by atoms with Gasteiger partial charge >= 0.3 is 0 Å². The minimum atomic E-state index is -0.255. The maximum absolute atomic E-state index is 12.8. The van der Waals surface area contributed by atoms with Crippen LogP contribution in [0, 0.1) is 13.8 Å². The van der Waals surface area contributed by atoms with E-state index in [9.17, 15) is 4.79 Å². The van der Waals surface area contributed by atoms with Gasteiger partial charge in [-0.3, -0.25) is 14.7 Å². The van der Waals surface area contributed by atoms with Gasteiger partial charge in [-0.2, -0.15) is 0 Å². The van der Waals surface area contributed by atoms with Crippen molar-refractivity contribution in [2.45, 2.75) is 46.1 Å². The molecule has 0 aliphatic carbocycles. The largest absolute Gasteiger partial charge is 0.493 e. The van der Waals surface area contributed by atoms with Gasteiger partial charge in [-0.25, -0.2) is 4.98 Å². The molecule has 3 aromatic carbocycles. The van der Waals surface area contributed by atoms with Crippen LogP contribution in [0.25, 0.3) is 11.0 Å². The predicted molar refractivity (Wildman–Crippen MR) is 155 cm³/mol. The number of ether oxygens (including phenoxy) is 2. The normalized spacial score (nSPS) is 13.2. The lowest BCUT2D eigenvalue weighted by Crippen LogP contribution is -2.31. The summed E-state index contributed by atoms with van der Waals surface area (Å²) in [6.07, 6.45) is 5.84. The molecular weight excluding hydrogens is 488 g/mol. The van der Waals surface area contributed by atoms with Gasteiger partial charge in [0.05, 0.1) is 31.4 Å². The lowest BCUT2D eigenvalue weighted by atomic mass is 9.98. The van der Waals surface area contributed by atoms with Crippen molar-refractivity contribution in [2.75, 3.05) is 32.6 Å². The Morgan fingerprint density at radius 3 is 2.33 bits per heavy atom. The van der Waals surface area contributed by atoms with Crippen LogP contribution in [0.15, 0.2) is 54.7 Å². The van der Waals surface area contributed by atoms with E-state index in [-0.39, 0.29) is 5.91 Å². The molecule has 1 aliphatic heterocycles. The molecule has 5 rings (SSSR count). The minimum Gasteiger partial charge on any atom is -0.493 e. The SMILES string of the molecule is COc1cc2c(cc1OC)CN(CCCCc1ccc(NC(=O)c3cnc4cc(C)c(C)cc4n3)cc1)CC2. The van der Waals surface area contributed by atoms with E-state index in [1.54, 1.807) is 14.2 Å². The van der Waals surface area contributed by atoms with Crippen molar-refractivity contribution in [1.29, 1.82) is 0 Å². The fraction of sp³-hybridized carbons (Fsp3) is 0.344. The van der Waals surface area contributed by atoms with Crippen LogP contribution in [0.1, 0.15) is 51.1 Å². The van der Waals surface area contributed by atoms with Crippen LogP contribution in [0.2, 0.25) is 0 Å². The molecule has 39 heavy (non-hydrogen) atoms. The van der Waals surface area contributed by atoms with Crippen LogP contribution in [-0.2, 0) is 19.4 Å². The van der Waals surface area contributed by atoms with E-state index in [1.165, 1.54) is 22.9 Å². The Bertz CT molecular complexity index is 1480. The molecule has 7 heteroatoms. The first kappa shape index (κ1) is 26.6. The van der Waals surface area contributed by atoms with E-state index >= 15 is 0 Å². The van der Waals surface area contributed by atoms with E-state index in [0.29, 0.717) is 5.69 Å². The third kappa shape index (κ3) is 6.20. The highest BCUT2D eigenvalue weighted by atomic mass is 16.5. The monoisotopic (exact) mass is 524 g/mol. The molecule has 0 saturated carbocycles. The molecule has 7 nitrogen and oxygen atoms in total. The number of benzene rings is 3. The highest BCUT2D eigenvalue weighted by molar-refractivity contribution is 6.03. The van der Waals surface area contributed by atoms with E-state index < -0.39 is 0 Å². The number of hydrogen-bond acceptors (Lipinski definition) is 6. The van der Waals surface area contributed by atoms with Gasteiger partial charge in [0.15, 0.2) is 11.5 Å². The Balaban J connectivity index is 1.09. The number of amides is 1. The fourth-order valence-corrected chi connectivity index (χ4v) is 5.12. The van der Waals surface area contributed by atoms with Crippen LogP contribution in [0.5, 0.6) is 11.5 Å². The fourth-order valence-electron chi connectivity index (χ4n) is 5.12. The van der Waals surface area contributed by atoms with Crippen molar-refractivity contribution >= 4 is 22.6 Å². The average Bonchev–Trinajstić information content (AvgIpc) is 2.95. The number of carbonyl (C=O) groups is 1. The summed E-state index contributed by atoms with van der Waals surface area (Å²) in [6, 6.07) is 16.3. The van der Waals surface area contributed by atoms with Crippen LogP contribution < -0.4 is 14.8 Å². The zero-order valence-corrected chi connectivity index (χ0v) is 23.2. The van der Waals surface area contributed by atoms with E-state index in [4.69, 9.17) is 9.47 Å². The summed E-state index contributed by atoms with van der Waals surface area (Å²) < 4.78 is 10.9. The Hall–Kier alpha value is -3.97. The van der Waals surface area contributed by atoms with Gasteiger partial charge in [0.25, 0.3) is 5.91 Å². The number of rotatable bonds is 9. The van der Waals surface area contributed by atoms with Gasteiger partial charge in [-0.1, -0.05) is 12.1 Å². The van der Waals surface area contributed by atoms with Gasteiger partial charge in [-0.05, 0) is 110 Å². The summed E-state index contributed by atoms with van der Waals surface area (Å²) in [5.74, 6) is 1.35. The topological polar surface area (TPSA) is 76.6 Å². The highest BCUT2D eigenvalue weighted by Gasteiger charge is 2.19. The van der Waals surface area contributed by atoms with E-state index in [1.807, 2.05) is 38.1 Å². The molecule has 1 aromatic heterocycles. The van der Waals surface area contributed by atoms with Gasteiger partial charge in [0, 0.05) is 18.8 Å². The van der Waals surface area contributed by atoms with Gasteiger partial charge in [0.1, 0.15) is 5.69 Å². The second-order valence-electron chi connectivity index (χ2n) is 10.3. The summed E-state index contributed by atoms with van der Waals surface area (Å²) in [5.41, 5.74) is 8.84. The summed E-state index contributed by atoms with van der Waals surface area (Å²) in [6.45, 7) is 7.17. The molecule has 1 amide bonds. The Labute approximate surface area is 230 Å². The molecule has 202 valence electrons. The maximum atomic E-state index is 12.8. The van der Waals surface area contributed by atoms with E-state index in [2.05, 4.69) is 44.5 Å². The zero-order valence-electron chi connectivity index (χ0n) is 23.2. The van der Waals surface area contributed by atoms with Crippen molar-refractivity contribution in [3.8, 4) is 11.5 Å². The minimum absolute atomic E-state index is 0.255. The van der Waals surface area contributed by atoms with Crippen molar-refractivity contribution in [3.63, 3.8) is 0 Å². The molecule has 0 fully saturated rings. The number of unbranched alkanes of at least 4 members (excludes halogenated alkanes) is 1. The number of anilines is 1.